The van der Waals surface area contributed by atoms with Crippen LogP contribution in [0.2, 0.25) is 5.15 Å². The van der Waals surface area contributed by atoms with Gasteiger partial charge in [-0.15, -0.1) is 12.4 Å². The largest absolute Gasteiger partial charge is 0.357 e. The number of nitrogens with zero attached hydrogens (tertiary/aromatic N) is 4. The molecule has 3 rings (SSSR count). The van der Waals surface area contributed by atoms with E-state index < -0.39 is 0 Å². The molecule has 3 heterocycles. The molecule has 0 N–H and O–H groups in total. The zero-order valence-corrected chi connectivity index (χ0v) is 12.5. The van der Waals surface area contributed by atoms with Crippen LogP contribution in [0.5, 0.6) is 0 Å². The molecule has 1 aliphatic heterocycles. The van der Waals surface area contributed by atoms with Crippen LogP contribution in [0.4, 0.5) is 11.5 Å². The normalized spacial score (nSPS) is 12.7. The number of rotatable bonds is 3. The summed E-state index contributed by atoms with van der Waals surface area (Å²) in [5, 5.41) is 11.6. The molecule has 0 saturated carbocycles. The molecule has 0 unspecified atom stereocenters. The Morgan fingerprint density at radius 1 is 1.43 bits per heavy atom. The van der Waals surface area contributed by atoms with Crippen LogP contribution in [-0.2, 0) is 13.1 Å². The third kappa shape index (κ3) is 3.06. The zero-order valence-electron chi connectivity index (χ0n) is 11.0. The predicted octanol–water partition coefficient (Wildman–Crippen LogP) is 2.37. The highest BCUT2D eigenvalue weighted by Gasteiger charge is 2.36. The summed E-state index contributed by atoms with van der Waals surface area (Å²) in [5.41, 5.74) is 1.10. The zero-order chi connectivity index (χ0) is 14.1. The summed E-state index contributed by atoms with van der Waals surface area (Å²) in [4.78, 5) is 16.8. The van der Waals surface area contributed by atoms with Gasteiger partial charge in [0.05, 0.1) is 11.1 Å². The third-order valence-electron chi connectivity index (χ3n) is 3.29. The number of halogens is 2. The first-order valence-corrected chi connectivity index (χ1v) is 6.55. The maximum absolute atomic E-state index is 11.1. The van der Waals surface area contributed by atoms with Crippen molar-refractivity contribution < 1.29 is 9.49 Å². The second kappa shape index (κ2) is 6.24. The Morgan fingerprint density at radius 2 is 2.24 bits per heavy atom. The predicted molar refractivity (Wildman–Crippen MR) is 80.8 cm³/mol. The Kier molecular flexibility index (Phi) is 4.59. The van der Waals surface area contributed by atoms with Crippen molar-refractivity contribution in [2.24, 2.45) is 0 Å². The van der Waals surface area contributed by atoms with E-state index in [2.05, 4.69) is 4.98 Å². The van der Waals surface area contributed by atoms with Gasteiger partial charge in [-0.25, -0.2) is 14.5 Å². The molecule has 0 amide bonds. The standard InChI is InChI=1S/C13H12ClN4O2.ClH/c14-12-4-3-10(8-15-12)9-17-7-6-16-5-1-2-11(13(16)17)18(19)20;/h1-5,8H,6-7,9H2;1H/q+1;. The van der Waals surface area contributed by atoms with Gasteiger partial charge in [-0.05, 0) is 12.1 Å². The van der Waals surface area contributed by atoms with E-state index in [1.165, 1.54) is 6.07 Å². The average molecular weight is 328 g/mol. The lowest BCUT2D eigenvalue weighted by molar-refractivity contribution is -0.673. The van der Waals surface area contributed by atoms with Crippen LogP contribution in [0.1, 0.15) is 5.56 Å². The molecular weight excluding hydrogens is 315 g/mol. The molecule has 0 fully saturated rings. The highest BCUT2D eigenvalue weighted by Crippen LogP contribution is 2.27. The quantitative estimate of drug-likeness (QED) is 0.376. The number of anilines is 1. The van der Waals surface area contributed by atoms with Crippen molar-refractivity contribution in [3.8, 4) is 0 Å². The number of nitro groups is 1. The molecule has 0 saturated heterocycles. The summed E-state index contributed by atoms with van der Waals surface area (Å²) in [6.07, 6.45) is 3.56. The highest BCUT2D eigenvalue weighted by molar-refractivity contribution is 6.29. The summed E-state index contributed by atoms with van der Waals surface area (Å²) < 4.78 is 1.90. The Bertz CT molecular complexity index is 664. The molecule has 0 spiro atoms. The van der Waals surface area contributed by atoms with Crippen molar-refractivity contribution in [3.63, 3.8) is 0 Å². The lowest BCUT2D eigenvalue weighted by Crippen LogP contribution is -2.31. The minimum Gasteiger partial charge on any atom is -0.258 e. The second-order valence-electron chi connectivity index (χ2n) is 4.58. The minimum absolute atomic E-state index is 0. The summed E-state index contributed by atoms with van der Waals surface area (Å²) in [5.74, 6) is 0.646. The Balaban J connectivity index is 0.00000161. The van der Waals surface area contributed by atoms with Gasteiger partial charge >= 0.3 is 11.5 Å². The lowest BCUT2D eigenvalue weighted by atomic mass is 10.2. The highest BCUT2D eigenvalue weighted by atomic mass is 35.5. The molecule has 2 aromatic rings. The number of fused-ring (bicyclic) bond motifs is 1. The SMILES string of the molecule is Cl.O=[N+]([O-])c1ccc[n+]2c1N(Cc1ccc(Cl)nc1)CC2. The number of hydrogen-bond donors (Lipinski definition) is 0. The maximum atomic E-state index is 11.1. The molecule has 2 aromatic heterocycles. The van der Waals surface area contributed by atoms with E-state index >= 15 is 0 Å². The Hall–Kier alpha value is -1.92. The monoisotopic (exact) mass is 327 g/mol. The van der Waals surface area contributed by atoms with Gasteiger partial charge in [0.25, 0.3) is 0 Å². The van der Waals surface area contributed by atoms with Crippen molar-refractivity contribution in [1.82, 2.24) is 4.98 Å². The van der Waals surface area contributed by atoms with E-state index in [9.17, 15) is 10.1 Å². The van der Waals surface area contributed by atoms with Crippen molar-refractivity contribution >= 4 is 35.5 Å². The summed E-state index contributed by atoms with van der Waals surface area (Å²) in [7, 11) is 0. The van der Waals surface area contributed by atoms with Crippen molar-refractivity contribution in [2.75, 3.05) is 11.4 Å². The summed E-state index contributed by atoms with van der Waals surface area (Å²) in [6.45, 7) is 2.07. The van der Waals surface area contributed by atoms with Gasteiger partial charge in [-0.3, -0.25) is 10.1 Å². The van der Waals surface area contributed by atoms with Crippen LogP contribution in [0.25, 0.3) is 0 Å². The molecule has 8 heteroatoms. The average Bonchev–Trinajstić information content (AvgIpc) is 2.84. The van der Waals surface area contributed by atoms with Crippen LogP contribution in [0.3, 0.4) is 0 Å². The topological polar surface area (TPSA) is 63.2 Å². The molecule has 0 aromatic carbocycles. The molecule has 0 bridgehead atoms. The molecule has 6 nitrogen and oxygen atoms in total. The molecule has 0 atom stereocenters. The van der Waals surface area contributed by atoms with Gasteiger partial charge in [-0.1, -0.05) is 17.7 Å². The maximum Gasteiger partial charge on any atom is 0.357 e. The molecular formula is C13H13Cl2N4O2+. The van der Waals surface area contributed by atoms with E-state index in [-0.39, 0.29) is 23.0 Å². The molecule has 21 heavy (non-hydrogen) atoms. The summed E-state index contributed by atoms with van der Waals surface area (Å²) in [6, 6.07) is 6.84. The van der Waals surface area contributed by atoms with Gasteiger partial charge < -0.3 is 0 Å². The first kappa shape index (κ1) is 15.5. The Labute approximate surface area is 132 Å². The van der Waals surface area contributed by atoms with Crippen LogP contribution in [0.15, 0.2) is 36.7 Å². The van der Waals surface area contributed by atoms with Gasteiger partial charge in [0.2, 0.25) is 0 Å². The Morgan fingerprint density at radius 3 is 2.90 bits per heavy atom. The minimum atomic E-state index is -0.343. The van der Waals surface area contributed by atoms with Crippen LogP contribution in [-0.4, -0.2) is 16.5 Å². The van der Waals surface area contributed by atoms with E-state index in [0.29, 0.717) is 17.5 Å². The first-order valence-electron chi connectivity index (χ1n) is 6.17. The fourth-order valence-corrected chi connectivity index (χ4v) is 2.52. The van der Waals surface area contributed by atoms with E-state index in [0.717, 1.165) is 18.7 Å². The van der Waals surface area contributed by atoms with Gasteiger partial charge in [0.15, 0.2) is 0 Å². The fourth-order valence-electron chi connectivity index (χ4n) is 2.41. The smallest absolute Gasteiger partial charge is 0.258 e. The fraction of sp³-hybridized carbons (Fsp3) is 0.231. The van der Waals surface area contributed by atoms with Crippen LogP contribution in [0, 0.1) is 10.1 Å². The number of hydrogen-bond acceptors (Lipinski definition) is 4. The van der Waals surface area contributed by atoms with Crippen LogP contribution >= 0.6 is 24.0 Å². The molecule has 0 aliphatic carbocycles. The lowest BCUT2D eigenvalue weighted by Gasteiger charge is -2.10. The molecule has 0 radical (unpaired) electrons. The van der Waals surface area contributed by atoms with Gasteiger partial charge in [0.1, 0.15) is 24.8 Å². The van der Waals surface area contributed by atoms with Gasteiger partial charge in [0, 0.05) is 17.8 Å². The second-order valence-corrected chi connectivity index (χ2v) is 4.97. The molecule has 110 valence electrons. The first-order chi connectivity index (χ1) is 9.65. The van der Waals surface area contributed by atoms with Crippen molar-refractivity contribution in [1.29, 1.82) is 0 Å². The summed E-state index contributed by atoms with van der Waals surface area (Å²) >= 11 is 5.76. The van der Waals surface area contributed by atoms with Gasteiger partial charge in [-0.2, -0.15) is 0 Å². The number of pyridine rings is 2. The third-order valence-corrected chi connectivity index (χ3v) is 3.51. The molecule has 1 aliphatic rings. The van der Waals surface area contributed by atoms with Crippen LogP contribution < -0.4 is 9.47 Å². The van der Waals surface area contributed by atoms with Crippen molar-refractivity contribution in [2.45, 2.75) is 13.1 Å². The van der Waals surface area contributed by atoms with E-state index in [4.69, 9.17) is 11.6 Å². The number of aromatic nitrogens is 2. The van der Waals surface area contributed by atoms with E-state index in [1.54, 1.807) is 18.3 Å². The van der Waals surface area contributed by atoms with E-state index in [1.807, 2.05) is 21.7 Å². The van der Waals surface area contributed by atoms with Crippen molar-refractivity contribution in [3.05, 3.63) is 57.5 Å².